The normalized spacial score (nSPS) is 11.6. The van der Waals surface area contributed by atoms with E-state index in [-0.39, 0.29) is 10.8 Å². The number of hydrogen-bond donors (Lipinski definition) is 1. The molecule has 158 valence electrons. The molecule has 0 saturated carbocycles. The lowest BCUT2D eigenvalue weighted by atomic mass is 10.1. The molecule has 1 aromatic heterocycles. The molecule has 0 unspecified atom stereocenters. The van der Waals surface area contributed by atoms with Crippen molar-refractivity contribution in [2.75, 3.05) is 18.4 Å². The third-order valence-corrected chi connectivity index (χ3v) is 7.55. The van der Waals surface area contributed by atoms with Crippen LogP contribution in [0.5, 0.6) is 0 Å². The Morgan fingerprint density at radius 2 is 1.70 bits per heavy atom. The van der Waals surface area contributed by atoms with E-state index in [1.54, 1.807) is 24.3 Å². The predicted molar refractivity (Wildman–Crippen MR) is 121 cm³/mol. The molecule has 6 nitrogen and oxygen atoms in total. The number of aromatic nitrogens is 1. The van der Waals surface area contributed by atoms with Gasteiger partial charge in [-0.15, -0.1) is 11.3 Å². The molecule has 0 atom stereocenters. The molecule has 1 heterocycles. The van der Waals surface area contributed by atoms with Gasteiger partial charge in [0.15, 0.2) is 5.13 Å². The topological polar surface area (TPSA) is 79.4 Å². The van der Waals surface area contributed by atoms with Gasteiger partial charge in [-0.3, -0.25) is 4.79 Å². The summed E-state index contributed by atoms with van der Waals surface area (Å²) in [4.78, 5) is 17.0. The molecule has 8 heteroatoms. The number of aryl methyl sites for hydroxylation is 1. The van der Waals surface area contributed by atoms with Crippen molar-refractivity contribution in [2.45, 2.75) is 31.6 Å². The highest BCUT2D eigenvalue weighted by atomic mass is 32.2. The lowest BCUT2D eigenvalue weighted by Gasteiger charge is -2.18. The molecule has 0 radical (unpaired) electrons. The number of carbonyl (C=O) groups is 1. The van der Waals surface area contributed by atoms with Gasteiger partial charge in [0.1, 0.15) is 0 Å². The Bertz CT molecular complexity index is 1070. The minimum Gasteiger partial charge on any atom is -0.302 e. The van der Waals surface area contributed by atoms with Gasteiger partial charge in [-0.2, -0.15) is 4.31 Å². The Hall–Kier alpha value is -2.55. The Kier molecular flexibility index (Phi) is 7.36. The van der Waals surface area contributed by atoms with Crippen LogP contribution in [0.15, 0.2) is 64.9 Å². The molecule has 30 heavy (non-hydrogen) atoms. The quantitative estimate of drug-likeness (QED) is 0.531. The van der Waals surface area contributed by atoms with Gasteiger partial charge in [-0.05, 0) is 24.1 Å². The molecular formula is C22H25N3O3S2. The van der Waals surface area contributed by atoms with Crippen molar-refractivity contribution in [3.8, 4) is 11.3 Å². The molecule has 0 spiro atoms. The number of thiazole rings is 1. The van der Waals surface area contributed by atoms with Crippen molar-refractivity contribution in [1.29, 1.82) is 0 Å². The second kappa shape index (κ2) is 9.97. The maximum atomic E-state index is 12.5. The number of anilines is 1. The van der Waals surface area contributed by atoms with Gasteiger partial charge in [0, 0.05) is 30.5 Å². The number of hydrogen-bond acceptors (Lipinski definition) is 5. The van der Waals surface area contributed by atoms with E-state index < -0.39 is 10.0 Å². The standard InChI is InChI=1S/C22H25N3O3S2/c1-3-25(4-2)30(27,28)19-13-10-17(11-14-19)12-15-21(26)24-22-23-20(16-29-22)18-8-6-5-7-9-18/h5-11,13-14,16H,3-4,12,15H2,1-2H3,(H,23,24,26). The van der Waals surface area contributed by atoms with Crippen molar-refractivity contribution in [1.82, 2.24) is 9.29 Å². The van der Waals surface area contributed by atoms with Crippen LogP contribution in [0.3, 0.4) is 0 Å². The maximum Gasteiger partial charge on any atom is 0.243 e. The molecule has 0 bridgehead atoms. The van der Waals surface area contributed by atoms with E-state index in [1.807, 2.05) is 49.6 Å². The Balaban J connectivity index is 1.56. The van der Waals surface area contributed by atoms with Crippen LogP contribution in [0.2, 0.25) is 0 Å². The summed E-state index contributed by atoms with van der Waals surface area (Å²) in [6.07, 6.45) is 0.816. The average Bonchev–Trinajstić information content (AvgIpc) is 3.22. The zero-order valence-corrected chi connectivity index (χ0v) is 18.7. The van der Waals surface area contributed by atoms with Crippen LogP contribution in [0.1, 0.15) is 25.8 Å². The summed E-state index contributed by atoms with van der Waals surface area (Å²) < 4.78 is 26.5. The van der Waals surface area contributed by atoms with E-state index in [0.29, 0.717) is 31.1 Å². The summed E-state index contributed by atoms with van der Waals surface area (Å²) >= 11 is 1.39. The Morgan fingerprint density at radius 1 is 1.03 bits per heavy atom. The monoisotopic (exact) mass is 443 g/mol. The van der Waals surface area contributed by atoms with Gasteiger partial charge < -0.3 is 5.32 Å². The van der Waals surface area contributed by atoms with E-state index in [2.05, 4.69) is 10.3 Å². The number of amides is 1. The molecule has 0 saturated heterocycles. The molecule has 0 aliphatic heterocycles. The summed E-state index contributed by atoms with van der Waals surface area (Å²) in [5, 5.41) is 5.32. The number of carbonyl (C=O) groups excluding carboxylic acids is 1. The van der Waals surface area contributed by atoms with E-state index in [0.717, 1.165) is 16.8 Å². The predicted octanol–water partition coefficient (Wildman–Crippen LogP) is 4.41. The molecule has 3 rings (SSSR count). The first kappa shape index (κ1) is 22.1. The van der Waals surface area contributed by atoms with Crippen molar-refractivity contribution in [3.05, 3.63) is 65.5 Å². The summed E-state index contributed by atoms with van der Waals surface area (Å²) in [5.41, 5.74) is 2.75. The minimum absolute atomic E-state index is 0.121. The maximum absolute atomic E-state index is 12.5. The van der Waals surface area contributed by atoms with Crippen molar-refractivity contribution in [3.63, 3.8) is 0 Å². The fourth-order valence-electron chi connectivity index (χ4n) is 3.05. The highest BCUT2D eigenvalue weighted by Gasteiger charge is 2.21. The summed E-state index contributed by atoms with van der Waals surface area (Å²) in [6.45, 7) is 4.51. The first-order valence-electron chi connectivity index (χ1n) is 9.84. The fourth-order valence-corrected chi connectivity index (χ4v) is 5.25. The van der Waals surface area contributed by atoms with Crippen molar-refractivity contribution >= 4 is 32.4 Å². The summed E-state index contributed by atoms with van der Waals surface area (Å²) in [7, 11) is -3.46. The van der Waals surface area contributed by atoms with Crippen LogP contribution in [-0.4, -0.2) is 36.7 Å². The van der Waals surface area contributed by atoms with E-state index >= 15 is 0 Å². The van der Waals surface area contributed by atoms with E-state index in [9.17, 15) is 13.2 Å². The smallest absolute Gasteiger partial charge is 0.243 e. The molecule has 0 aliphatic carbocycles. The van der Waals surface area contributed by atoms with Crippen LogP contribution in [-0.2, 0) is 21.2 Å². The third kappa shape index (κ3) is 5.33. The largest absolute Gasteiger partial charge is 0.302 e. The van der Waals surface area contributed by atoms with Gasteiger partial charge in [0.2, 0.25) is 15.9 Å². The number of nitrogens with one attached hydrogen (secondary N) is 1. The summed E-state index contributed by atoms with van der Waals surface area (Å²) in [5.74, 6) is -0.121. The number of nitrogens with zero attached hydrogens (tertiary/aromatic N) is 2. The highest BCUT2D eigenvalue weighted by molar-refractivity contribution is 7.89. The molecule has 1 amide bonds. The zero-order valence-electron chi connectivity index (χ0n) is 17.0. The molecule has 1 N–H and O–H groups in total. The fraction of sp³-hybridized carbons (Fsp3) is 0.273. The second-order valence-electron chi connectivity index (χ2n) is 6.69. The second-order valence-corrected chi connectivity index (χ2v) is 9.48. The van der Waals surface area contributed by atoms with Gasteiger partial charge >= 0.3 is 0 Å². The number of benzene rings is 2. The van der Waals surface area contributed by atoms with Crippen LogP contribution in [0, 0.1) is 0 Å². The van der Waals surface area contributed by atoms with E-state index in [1.165, 1.54) is 15.6 Å². The first-order valence-corrected chi connectivity index (χ1v) is 12.2. The third-order valence-electron chi connectivity index (χ3n) is 4.73. The SMILES string of the molecule is CCN(CC)S(=O)(=O)c1ccc(CCC(=O)Nc2nc(-c3ccccc3)cs2)cc1. The van der Waals surface area contributed by atoms with E-state index in [4.69, 9.17) is 0 Å². The highest BCUT2D eigenvalue weighted by Crippen LogP contribution is 2.24. The molecule has 0 fully saturated rings. The lowest BCUT2D eigenvalue weighted by molar-refractivity contribution is -0.116. The summed E-state index contributed by atoms with van der Waals surface area (Å²) in [6, 6.07) is 16.5. The molecule has 0 aliphatic rings. The number of rotatable bonds is 9. The first-order chi connectivity index (χ1) is 14.4. The van der Waals surface area contributed by atoms with Crippen molar-refractivity contribution in [2.24, 2.45) is 0 Å². The Labute approximate surface area is 181 Å². The number of sulfonamides is 1. The van der Waals surface area contributed by atoms with Gasteiger partial charge in [0.25, 0.3) is 0 Å². The van der Waals surface area contributed by atoms with Crippen LogP contribution in [0.4, 0.5) is 5.13 Å². The van der Waals surface area contributed by atoms with Crippen LogP contribution < -0.4 is 5.32 Å². The molecule has 2 aromatic carbocycles. The van der Waals surface area contributed by atoms with Crippen LogP contribution >= 0.6 is 11.3 Å². The van der Waals surface area contributed by atoms with Crippen LogP contribution in [0.25, 0.3) is 11.3 Å². The van der Waals surface area contributed by atoms with Gasteiger partial charge in [0.05, 0.1) is 10.6 Å². The lowest BCUT2D eigenvalue weighted by Crippen LogP contribution is -2.30. The zero-order chi connectivity index (χ0) is 21.6. The van der Waals surface area contributed by atoms with Gasteiger partial charge in [-0.25, -0.2) is 13.4 Å². The molecular weight excluding hydrogens is 418 g/mol. The minimum atomic E-state index is -3.46. The molecule has 3 aromatic rings. The Morgan fingerprint density at radius 3 is 2.33 bits per heavy atom. The van der Waals surface area contributed by atoms with Gasteiger partial charge in [-0.1, -0.05) is 56.3 Å². The van der Waals surface area contributed by atoms with Crippen molar-refractivity contribution < 1.29 is 13.2 Å². The average molecular weight is 444 g/mol.